The average molecular weight is 731 g/mol. The van der Waals surface area contributed by atoms with E-state index in [1.165, 1.54) is 24.3 Å². The lowest BCUT2D eigenvalue weighted by molar-refractivity contribution is 0.627. The van der Waals surface area contributed by atoms with Crippen molar-refractivity contribution in [3.63, 3.8) is 0 Å². The summed E-state index contributed by atoms with van der Waals surface area (Å²) in [6, 6.07) is 50.0. The zero-order chi connectivity index (χ0) is 37.3. The maximum absolute atomic E-state index is 14.2. The van der Waals surface area contributed by atoms with Crippen LogP contribution in [-0.2, 0) is 0 Å². The fourth-order valence-electron chi connectivity index (χ4n) is 7.88. The molecule has 0 aliphatic rings. The molecule has 8 heteroatoms. The van der Waals surface area contributed by atoms with E-state index in [1.54, 1.807) is 36.7 Å². The Hall–Kier alpha value is -7.58. The minimum atomic E-state index is -0.303. The second-order valence-electron chi connectivity index (χ2n) is 13.8. The minimum Gasteiger partial charge on any atom is -0.438 e. The molecule has 56 heavy (non-hydrogen) atoms. The van der Waals surface area contributed by atoms with E-state index in [9.17, 15) is 8.78 Å². The Kier molecular flexibility index (Phi) is 7.12. The molecule has 4 aromatic heterocycles. The number of aromatic nitrogens is 2. The van der Waals surface area contributed by atoms with Crippen molar-refractivity contribution in [2.45, 2.75) is 0 Å². The summed E-state index contributed by atoms with van der Waals surface area (Å²) < 4.78 is 40.6. The molecule has 11 rings (SSSR count). The van der Waals surface area contributed by atoms with E-state index < -0.39 is 0 Å². The molecule has 0 atom stereocenters. The molecule has 0 unspecified atom stereocenters. The van der Waals surface area contributed by atoms with Gasteiger partial charge in [0.1, 0.15) is 22.8 Å². The fourth-order valence-corrected chi connectivity index (χ4v) is 7.88. The molecular formula is C48H28F2N4O2. The molecule has 0 bridgehead atoms. The van der Waals surface area contributed by atoms with Crippen LogP contribution in [0.3, 0.4) is 0 Å². The molecule has 11 aromatic rings. The van der Waals surface area contributed by atoms with Gasteiger partial charge in [-0.2, -0.15) is 0 Å². The zero-order valence-electron chi connectivity index (χ0n) is 29.5. The van der Waals surface area contributed by atoms with Gasteiger partial charge in [-0.1, -0.05) is 24.3 Å². The van der Waals surface area contributed by atoms with Crippen molar-refractivity contribution >= 4 is 99.8 Å². The van der Waals surface area contributed by atoms with Crippen molar-refractivity contribution in [2.24, 2.45) is 0 Å². The van der Waals surface area contributed by atoms with Crippen molar-refractivity contribution in [3.8, 4) is 0 Å². The zero-order valence-corrected chi connectivity index (χ0v) is 29.5. The van der Waals surface area contributed by atoms with Crippen LogP contribution < -0.4 is 9.80 Å². The van der Waals surface area contributed by atoms with E-state index in [4.69, 9.17) is 8.83 Å². The quantitative estimate of drug-likeness (QED) is 0.159. The molecule has 7 aromatic carbocycles. The highest BCUT2D eigenvalue weighted by molar-refractivity contribution is 6.10. The summed E-state index contributed by atoms with van der Waals surface area (Å²) in [5.41, 5.74) is 7.77. The number of rotatable bonds is 6. The number of pyridine rings is 2. The number of nitrogens with zero attached hydrogens (tertiary/aromatic N) is 4. The predicted octanol–water partition coefficient (Wildman–Crippen LogP) is 13.8. The van der Waals surface area contributed by atoms with Gasteiger partial charge in [-0.25, -0.2) is 18.7 Å². The Bertz CT molecular complexity index is 3080. The lowest BCUT2D eigenvalue weighted by Crippen LogP contribution is -2.10. The Morgan fingerprint density at radius 3 is 1.16 bits per heavy atom. The van der Waals surface area contributed by atoms with Crippen LogP contribution in [0.15, 0.2) is 179 Å². The van der Waals surface area contributed by atoms with Crippen LogP contribution >= 0.6 is 0 Å². The number of hydrogen-bond acceptors (Lipinski definition) is 6. The Morgan fingerprint density at radius 2 is 0.732 bits per heavy atom. The molecule has 266 valence electrons. The van der Waals surface area contributed by atoms with Gasteiger partial charge in [-0.05, 0) is 143 Å². The minimum absolute atomic E-state index is 0.303. The van der Waals surface area contributed by atoms with E-state index >= 15 is 0 Å². The Morgan fingerprint density at radius 1 is 0.357 bits per heavy atom. The molecule has 0 saturated heterocycles. The maximum atomic E-state index is 14.2. The highest BCUT2D eigenvalue weighted by Crippen LogP contribution is 2.42. The molecule has 0 radical (unpaired) electrons. The summed E-state index contributed by atoms with van der Waals surface area (Å²) >= 11 is 0. The predicted molar refractivity (Wildman–Crippen MR) is 221 cm³/mol. The van der Waals surface area contributed by atoms with Gasteiger partial charge in [0.05, 0.1) is 0 Å². The van der Waals surface area contributed by atoms with Crippen molar-refractivity contribution in [1.29, 1.82) is 0 Å². The van der Waals surface area contributed by atoms with Crippen molar-refractivity contribution < 1.29 is 17.6 Å². The molecule has 0 amide bonds. The summed E-state index contributed by atoms with van der Waals surface area (Å²) in [6.07, 6.45) is 3.44. The average Bonchev–Trinajstić information content (AvgIpc) is 3.80. The summed E-state index contributed by atoms with van der Waals surface area (Å²) in [5.74, 6) is -0.607. The highest BCUT2D eigenvalue weighted by atomic mass is 19.1. The lowest BCUT2D eigenvalue weighted by atomic mass is 10.00. The second-order valence-corrected chi connectivity index (χ2v) is 13.8. The maximum Gasteiger partial charge on any atom is 0.227 e. The summed E-state index contributed by atoms with van der Waals surface area (Å²) in [4.78, 5) is 13.0. The highest BCUT2D eigenvalue weighted by Gasteiger charge is 2.19. The number of furan rings is 2. The van der Waals surface area contributed by atoms with Gasteiger partial charge in [-0.15, -0.1) is 0 Å². The monoisotopic (exact) mass is 730 g/mol. The van der Waals surface area contributed by atoms with Gasteiger partial charge in [0.15, 0.2) is 0 Å². The third-order valence-corrected chi connectivity index (χ3v) is 10.5. The molecule has 0 saturated carbocycles. The van der Waals surface area contributed by atoms with Crippen LogP contribution in [0.25, 0.3) is 65.7 Å². The van der Waals surface area contributed by atoms with Crippen LogP contribution in [0.2, 0.25) is 0 Å². The van der Waals surface area contributed by atoms with Crippen LogP contribution in [0.5, 0.6) is 0 Å². The van der Waals surface area contributed by atoms with Crippen LogP contribution in [0.4, 0.5) is 42.9 Å². The molecule has 0 spiro atoms. The van der Waals surface area contributed by atoms with E-state index in [0.717, 1.165) is 88.4 Å². The van der Waals surface area contributed by atoms with Gasteiger partial charge in [0.25, 0.3) is 0 Å². The first kappa shape index (κ1) is 31.9. The standard InChI is InChI=1S/C48H28F2N4O2/c49-31-7-11-33(12-8-31)53(37-17-21-41-43-3-1-23-51-47(43)55-45(41)27-37)35-15-19-39-29(25-35)5-6-30-26-36(16-20-40(30)39)54(34-13-9-32(50)10-14-34)38-18-22-42-44-4-2-24-52-48(44)56-46(42)28-38/h1-28H. The molecule has 0 aliphatic heterocycles. The number of benzene rings is 7. The number of anilines is 6. The van der Waals surface area contributed by atoms with Gasteiger partial charge in [-0.3, -0.25) is 0 Å². The Balaban J connectivity index is 1.02. The first-order chi connectivity index (χ1) is 27.5. The molecule has 4 heterocycles. The normalized spacial score (nSPS) is 11.8. The van der Waals surface area contributed by atoms with E-state index in [0.29, 0.717) is 11.4 Å². The van der Waals surface area contributed by atoms with Crippen LogP contribution in [0, 0.1) is 11.6 Å². The summed E-state index contributed by atoms with van der Waals surface area (Å²) in [6.45, 7) is 0. The molecule has 0 fully saturated rings. The Labute approximate surface area is 318 Å². The SMILES string of the molecule is Fc1ccc(N(c2ccc3c(ccc4cc(N(c5ccc(F)cc5)c5ccc6c(c5)oc5ncccc56)ccc43)c2)c2ccc3c(c2)oc2ncccc23)cc1. The lowest BCUT2D eigenvalue weighted by Gasteiger charge is -2.26. The topological polar surface area (TPSA) is 58.5 Å². The van der Waals surface area contributed by atoms with Crippen molar-refractivity contribution in [1.82, 2.24) is 9.97 Å². The first-order valence-electron chi connectivity index (χ1n) is 18.2. The van der Waals surface area contributed by atoms with E-state index in [-0.39, 0.29) is 11.6 Å². The molecule has 6 nitrogen and oxygen atoms in total. The summed E-state index contributed by atoms with van der Waals surface area (Å²) in [7, 11) is 0. The van der Waals surface area contributed by atoms with E-state index in [1.807, 2.05) is 48.5 Å². The summed E-state index contributed by atoms with van der Waals surface area (Å²) in [5, 5.41) is 8.12. The van der Waals surface area contributed by atoms with Crippen molar-refractivity contribution in [2.75, 3.05) is 9.80 Å². The van der Waals surface area contributed by atoms with Gasteiger partial charge < -0.3 is 18.6 Å². The molecule has 0 aliphatic carbocycles. The third kappa shape index (κ3) is 5.22. The number of fused-ring (bicyclic) bond motifs is 9. The molecular weight excluding hydrogens is 703 g/mol. The van der Waals surface area contributed by atoms with Gasteiger partial charge in [0.2, 0.25) is 11.4 Å². The van der Waals surface area contributed by atoms with Gasteiger partial charge >= 0.3 is 0 Å². The third-order valence-electron chi connectivity index (χ3n) is 10.5. The smallest absolute Gasteiger partial charge is 0.227 e. The van der Waals surface area contributed by atoms with Crippen LogP contribution in [-0.4, -0.2) is 9.97 Å². The molecule has 0 N–H and O–H groups in total. The second kappa shape index (κ2) is 12.5. The van der Waals surface area contributed by atoms with Crippen molar-refractivity contribution in [3.05, 3.63) is 182 Å². The number of hydrogen-bond donors (Lipinski definition) is 0. The largest absolute Gasteiger partial charge is 0.438 e. The first-order valence-corrected chi connectivity index (χ1v) is 18.2. The van der Waals surface area contributed by atoms with E-state index in [2.05, 4.69) is 80.4 Å². The fraction of sp³-hybridized carbons (Fsp3) is 0. The number of halogens is 2. The van der Waals surface area contributed by atoms with Crippen LogP contribution in [0.1, 0.15) is 0 Å². The van der Waals surface area contributed by atoms with Gasteiger partial charge in [0, 0.05) is 80.2 Å².